The lowest BCUT2D eigenvalue weighted by molar-refractivity contribution is 0.299. The van der Waals surface area contributed by atoms with Crippen molar-refractivity contribution in [3.8, 4) is 0 Å². The van der Waals surface area contributed by atoms with Gasteiger partial charge in [0.1, 0.15) is 0 Å². The van der Waals surface area contributed by atoms with Crippen LogP contribution >= 0.6 is 0 Å². The molecule has 2 atom stereocenters. The molecule has 1 unspecified atom stereocenters. The van der Waals surface area contributed by atoms with Gasteiger partial charge >= 0.3 is 0 Å². The second kappa shape index (κ2) is 4.33. The molecular weight excluding hydrogens is 150 g/mol. The van der Waals surface area contributed by atoms with Crippen LogP contribution in [-0.4, -0.2) is 12.0 Å². The fourth-order valence-corrected chi connectivity index (χ4v) is 2.01. The highest BCUT2D eigenvalue weighted by atomic mass is 15.1. The van der Waals surface area contributed by atoms with E-state index in [1.165, 1.54) is 32.1 Å². The highest BCUT2D eigenvalue weighted by Gasteiger charge is 2.20. The number of hydrogen-bond donors (Lipinski definition) is 3. The maximum absolute atomic E-state index is 7.12. The summed E-state index contributed by atoms with van der Waals surface area (Å²) in [6, 6.07) is 0.459. The fourth-order valence-electron chi connectivity index (χ4n) is 2.01. The van der Waals surface area contributed by atoms with E-state index >= 15 is 0 Å². The second-order valence-electron chi connectivity index (χ2n) is 3.70. The summed E-state index contributed by atoms with van der Waals surface area (Å²) in [7, 11) is 0. The Kier molecular flexibility index (Phi) is 3.38. The van der Waals surface area contributed by atoms with Crippen LogP contribution in [0.15, 0.2) is 0 Å². The first-order chi connectivity index (χ1) is 5.72. The van der Waals surface area contributed by atoms with Gasteiger partial charge in [-0.1, -0.05) is 26.2 Å². The van der Waals surface area contributed by atoms with E-state index in [-0.39, 0.29) is 5.96 Å². The summed E-state index contributed by atoms with van der Waals surface area (Å²) in [5.41, 5.74) is 5.28. The molecule has 1 aliphatic rings. The molecule has 0 bridgehead atoms. The smallest absolute Gasteiger partial charge is 0.185 e. The van der Waals surface area contributed by atoms with Gasteiger partial charge in [0.15, 0.2) is 5.96 Å². The van der Waals surface area contributed by atoms with Crippen LogP contribution in [0.3, 0.4) is 0 Å². The predicted molar refractivity (Wildman–Crippen MR) is 51.1 cm³/mol. The van der Waals surface area contributed by atoms with Gasteiger partial charge in [-0.2, -0.15) is 0 Å². The minimum atomic E-state index is 0.122. The highest BCUT2D eigenvalue weighted by Crippen LogP contribution is 2.26. The minimum Gasteiger partial charge on any atom is -0.370 e. The van der Waals surface area contributed by atoms with Crippen LogP contribution in [0.1, 0.15) is 39.0 Å². The van der Waals surface area contributed by atoms with Gasteiger partial charge in [-0.15, -0.1) is 0 Å². The zero-order valence-corrected chi connectivity index (χ0v) is 7.77. The molecule has 70 valence electrons. The Labute approximate surface area is 74.2 Å². The third kappa shape index (κ3) is 2.72. The largest absolute Gasteiger partial charge is 0.370 e. The van der Waals surface area contributed by atoms with E-state index in [1.54, 1.807) is 0 Å². The molecule has 0 saturated heterocycles. The molecule has 0 aliphatic heterocycles. The van der Waals surface area contributed by atoms with Crippen molar-refractivity contribution in [1.82, 2.24) is 5.32 Å². The topological polar surface area (TPSA) is 61.9 Å². The maximum Gasteiger partial charge on any atom is 0.185 e. The van der Waals surface area contributed by atoms with E-state index in [2.05, 4.69) is 12.2 Å². The molecule has 0 aromatic rings. The normalized spacial score (nSPS) is 29.8. The lowest BCUT2D eigenvalue weighted by atomic mass is 9.84. The molecule has 3 nitrogen and oxygen atoms in total. The van der Waals surface area contributed by atoms with Gasteiger partial charge < -0.3 is 11.1 Å². The van der Waals surface area contributed by atoms with Gasteiger partial charge in [0.05, 0.1) is 0 Å². The lowest BCUT2D eigenvalue weighted by Gasteiger charge is -2.29. The van der Waals surface area contributed by atoms with Gasteiger partial charge in [-0.25, -0.2) is 0 Å². The number of hydrogen-bond acceptors (Lipinski definition) is 1. The monoisotopic (exact) mass is 169 g/mol. The molecule has 1 aliphatic carbocycles. The van der Waals surface area contributed by atoms with Crippen LogP contribution in [0.2, 0.25) is 0 Å². The summed E-state index contributed by atoms with van der Waals surface area (Å²) in [5.74, 6) is 0.965. The van der Waals surface area contributed by atoms with Gasteiger partial charge in [-0.05, 0) is 18.8 Å². The first kappa shape index (κ1) is 9.36. The third-order valence-corrected chi connectivity index (χ3v) is 2.72. The molecule has 1 saturated carbocycles. The van der Waals surface area contributed by atoms with E-state index in [1.807, 2.05) is 0 Å². The summed E-state index contributed by atoms with van der Waals surface area (Å²) in [6.45, 7) is 2.24. The third-order valence-electron chi connectivity index (χ3n) is 2.72. The molecule has 0 aromatic heterocycles. The summed E-state index contributed by atoms with van der Waals surface area (Å²) >= 11 is 0. The van der Waals surface area contributed by atoms with E-state index in [9.17, 15) is 0 Å². The van der Waals surface area contributed by atoms with Gasteiger partial charge in [-0.3, -0.25) is 5.41 Å². The Morgan fingerprint density at radius 3 is 2.92 bits per heavy atom. The fraction of sp³-hybridized carbons (Fsp3) is 0.889. The minimum absolute atomic E-state index is 0.122. The Morgan fingerprint density at radius 1 is 1.58 bits per heavy atom. The molecule has 0 heterocycles. The SMILES string of the molecule is CCC1CCC[C@H](NC(=N)N)C1. The van der Waals surface area contributed by atoms with Crippen molar-refractivity contribution in [1.29, 1.82) is 5.41 Å². The molecule has 1 rings (SSSR count). The van der Waals surface area contributed by atoms with Crippen LogP contribution in [0, 0.1) is 11.3 Å². The lowest BCUT2D eigenvalue weighted by Crippen LogP contribution is -2.41. The van der Waals surface area contributed by atoms with Crippen molar-refractivity contribution < 1.29 is 0 Å². The maximum atomic E-state index is 7.12. The van der Waals surface area contributed by atoms with E-state index < -0.39 is 0 Å². The molecule has 12 heavy (non-hydrogen) atoms. The molecule has 0 radical (unpaired) electrons. The zero-order valence-electron chi connectivity index (χ0n) is 7.77. The van der Waals surface area contributed by atoms with E-state index in [0.29, 0.717) is 6.04 Å². The number of nitrogens with one attached hydrogen (secondary N) is 2. The molecule has 0 amide bonds. The number of guanidine groups is 1. The molecule has 3 heteroatoms. The Balaban J connectivity index is 2.30. The van der Waals surface area contributed by atoms with Crippen LogP contribution in [0.5, 0.6) is 0 Å². The van der Waals surface area contributed by atoms with Gasteiger partial charge in [0.2, 0.25) is 0 Å². The molecule has 0 spiro atoms. The van der Waals surface area contributed by atoms with Crippen molar-refractivity contribution in [2.24, 2.45) is 11.7 Å². The highest BCUT2D eigenvalue weighted by molar-refractivity contribution is 5.74. The first-order valence-corrected chi connectivity index (χ1v) is 4.83. The van der Waals surface area contributed by atoms with Crippen molar-refractivity contribution in [3.63, 3.8) is 0 Å². The average molecular weight is 169 g/mol. The van der Waals surface area contributed by atoms with Gasteiger partial charge in [0, 0.05) is 6.04 Å². The van der Waals surface area contributed by atoms with Gasteiger partial charge in [0.25, 0.3) is 0 Å². The Hall–Kier alpha value is -0.730. The Morgan fingerprint density at radius 2 is 2.33 bits per heavy atom. The van der Waals surface area contributed by atoms with Crippen LogP contribution in [0.4, 0.5) is 0 Å². The Bertz CT molecular complexity index is 156. The van der Waals surface area contributed by atoms with Crippen molar-refractivity contribution in [2.75, 3.05) is 0 Å². The molecule has 4 N–H and O–H groups in total. The summed E-state index contributed by atoms with van der Waals surface area (Å²) in [5, 5.41) is 10.1. The van der Waals surface area contributed by atoms with Crippen LogP contribution in [-0.2, 0) is 0 Å². The van der Waals surface area contributed by atoms with E-state index in [0.717, 1.165) is 5.92 Å². The number of nitrogens with two attached hydrogens (primary N) is 1. The van der Waals surface area contributed by atoms with E-state index in [4.69, 9.17) is 11.1 Å². The van der Waals surface area contributed by atoms with Crippen LogP contribution in [0.25, 0.3) is 0 Å². The van der Waals surface area contributed by atoms with Crippen molar-refractivity contribution in [2.45, 2.75) is 45.1 Å². The zero-order chi connectivity index (χ0) is 8.97. The standard InChI is InChI=1S/C9H19N3/c1-2-7-4-3-5-8(6-7)12-9(10)11/h7-8H,2-6H2,1H3,(H4,10,11,12)/t7?,8-/m0/s1. The first-order valence-electron chi connectivity index (χ1n) is 4.83. The quantitative estimate of drug-likeness (QED) is 0.432. The number of rotatable bonds is 2. The predicted octanol–water partition coefficient (Wildman–Crippen LogP) is 1.44. The second-order valence-corrected chi connectivity index (χ2v) is 3.70. The molecular formula is C9H19N3. The summed E-state index contributed by atoms with van der Waals surface area (Å²) in [6.07, 6.45) is 6.26. The molecule has 0 aromatic carbocycles. The summed E-state index contributed by atoms with van der Waals surface area (Å²) in [4.78, 5) is 0. The average Bonchev–Trinajstić information content (AvgIpc) is 2.03. The summed E-state index contributed by atoms with van der Waals surface area (Å²) < 4.78 is 0. The molecule has 1 fully saturated rings. The van der Waals surface area contributed by atoms with Crippen molar-refractivity contribution in [3.05, 3.63) is 0 Å². The van der Waals surface area contributed by atoms with Crippen LogP contribution < -0.4 is 11.1 Å². The van der Waals surface area contributed by atoms with Crippen molar-refractivity contribution >= 4 is 5.96 Å².